The Kier molecular flexibility index (Phi) is 7.82. The Labute approximate surface area is 230 Å². The third-order valence-corrected chi connectivity index (χ3v) is 9.29. The van der Waals surface area contributed by atoms with Crippen LogP contribution in [0, 0.1) is 10.1 Å². The fraction of sp³-hybridized carbons (Fsp3) is 0.192. The lowest BCUT2D eigenvalue weighted by Crippen LogP contribution is -2.70. The molecule has 3 aromatic rings. The summed E-state index contributed by atoms with van der Waals surface area (Å²) in [6.07, 6.45) is 0.188. The molecule has 1 fully saturated rings. The van der Waals surface area contributed by atoms with Crippen molar-refractivity contribution < 1.29 is 24.0 Å². The third kappa shape index (κ3) is 5.62. The van der Waals surface area contributed by atoms with Gasteiger partial charge in [-0.15, -0.1) is 23.1 Å². The molecule has 1 N–H and O–H groups in total. The number of esters is 1. The number of hydrogen-bond acceptors (Lipinski definition) is 9. The molecule has 0 radical (unpaired) electrons. The quantitative estimate of drug-likeness (QED) is 0.176. The first-order valence-corrected chi connectivity index (χ1v) is 14.3. The minimum absolute atomic E-state index is 0.0603. The molecule has 3 heterocycles. The van der Waals surface area contributed by atoms with Crippen molar-refractivity contribution in [2.45, 2.75) is 29.3 Å². The van der Waals surface area contributed by atoms with E-state index < -0.39 is 22.3 Å². The van der Waals surface area contributed by atoms with E-state index in [1.165, 1.54) is 64.0 Å². The minimum atomic E-state index is -0.729. The van der Waals surface area contributed by atoms with Crippen molar-refractivity contribution in [2.75, 3.05) is 5.75 Å². The smallest absolute Gasteiger partial charge is 0.356 e. The Morgan fingerprint density at radius 2 is 1.87 bits per heavy atom. The van der Waals surface area contributed by atoms with Gasteiger partial charge in [0.15, 0.2) is 0 Å². The van der Waals surface area contributed by atoms with Gasteiger partial charge in [0.25, 0.3) is 11.6 Å². The van der Waals surface area contributed by atoms with Crippen molar-refractivity contribution in [3.63, 3.8) is 0 Å². The van der Waals surface area contributed by atoms with Crippen LogP contribution in [0.3, 0.4) is 0 Å². The van der Waals surface area contributed by atoms with E-state index in [2.05, 4.69) is 5.32 Å². The number of carbonyl (C=O) groups excluding carboxylic acids is 3. The summed E-state index contributed by atoms with van der Waals surface area (Å²) in [4.78, 5) is 53.4. The number of nitrogens with zero attached hydrogens (tertiary/aromatic N) is 2. The molecular formula is C26H21N3O6S3. The molecule has 1 unspecified atom stereocenters. The maximum atomic E-state index is 13.3. The zero-order valence-corrected chi connectivity index (χ0v) is 22.2. The maximum Gasteiger partial charge on any atom is 0.356 e. The lowest BCUT2D eigenvalue weighted by atomic mass is 10.0. The van der Waals surface area contributed by atoms with Crippen molar-refractivity contribution in [3.05, 3.63) is 103 Å². The van der Waals surface area contributed by atoms with Crippen LogP contribution in [0.5, 0.6) is 0 Å². The highest BCUT2D eigenvalue weighted by atomic mass is 32.2. The lowest BCUT2D eigenvalue weighted by molar-refractivity contribution is -0.384. The second-order valence-electron chi connectivity index (χ2n) is 8.40. The van der Waals surface area contributed by atoms with Gasteiger partial charge in [-0.1, -0.05) is 36.0 Å². The van der Waals surface area contributed by atoms with Crippen molar-refractivity contribution in [1.82, 2.24) is 10.2 Å². The van der Waals surface area contributed by atoms with Crippen molar-refractivity contribution in [3.8, 4) is 0 Å². The fourth-order valence-corrected chi connectivity index (χ4v) is 7.21. The SMILES string of the molecule is O=C(Cc1cccs1)NC1C(=O)N2C(C(=O)OCc3ccc([N+](=O)[O-])cc3)=C(Sc3ccccc3)CS[C@@H]12. The number of β-lactam (4-membered cyclic amide) rings is 1. The molecule has 38 heavy (non-hydrogen) atoms. The number of hydrogen-bond donors (Lipinski definition) is 1. The topological polar surface area (TPSA) is 119 Å². The number of carbonyl (C=O) groups is 3. The number of benzene rings is 2. The largest absolute Gasteiger partial charge is 0.456 e. The summed E-state index contributed by atoms with van der Waals surface area (Å²) in [6.45, 7) is -0.107. The molecule has 0 bridgehead atoms. The zero-order valence-electron chi connectivity index (χ0n) is 19.8. The van der Waals surface area contributed by atoms with E-state index in [1.54, 1.807) is 0 Å². The van der Waals surface area contributed by atoms with Gasteiger partial charge in [0.1, 0.15) is 23.7 Å². The van der Waals surface area contributed by atoms with Crippen LogP contribution in [0.2, 0.25) is 0 Å². The normalized spacial score (nSPS) is 18.4. The summed E-state index contributed by atoms with van der Waals surface area (Å²) in [5.74, 6) is -0.812. The summed E-state index contributed by atoms with van der Waals surface area (Å²) < 4.78 is 5.55. The lowest BCUT2D eigenvalue weighted by Gasteiger charge is -2.49. The van der Waals surface area contributed by atoms with Gasteiger partial charge in [0.05, 0.1) is 11.3 Å². The summed E-state index contributed by atoms with van der Waals surface area (Å²) in [5.41, 5.74) is 0.685. The Bertz CT molecular complexity index is 1390. The number of rotatable bonds is 9. The van der Waals surface area contributed by atoms with Crippen LogP contribution in [0.4, 0.5) is 5.69 Å². The fourth-order valence-electron chi connectivity index (χ4n) is 4.02. The molecule has 2 atom stereocenters. The Hall–Kier alpha value is -3.61. The van der Waals surface area contributed by atoms with Crippen LogP contribution in [-0.2, 0) is 32.1 Å². The second-order valence-corrected chi connectivity index (χ2v) is 11.7. The first kappa shape index (κ1) is 26.0. The molecule has 2 aromatic carbocycles. The van der Waals surface area contributed by atoms with Gasteiger partial charge in [0.2, 0.25) is 5.91 Å². The number of ether oxygens (including phenoxy) is 1. The average molecular weight is 568 g/mol. The van der Waals surface area contributed by atoms with E-state index in [0.717, 1.165) is 9.77 Å². The van der Waals surface area contributed by atoms with Gasteiger partial charge in [-0.05, 0) is 41.3 Å². The van der Waals surface area contributed by atoms with Crippen LogP contribution in [-0.4, -0.2) is 44.8 Å². The number of non-ortho nitro benzene ring substituents is 1. The van der Waals surface area contributed by atoms with Crippen molar-refractivity contribution in [2.24, 2.45) is 0 Å². The van der Waals surface area contributed by atoms with Gasteiger partial charge in [-0.2, -0.15) is 0 Å². The van der Waals surface area contributed by atoms with Crippen LogP contribution in [0.1, 0.15) is 10.4 Å². The van der Waals surface area contributed by atoms with Gasteiger partial charge >= 0.3 is 5.97 Å². The molecule has 2 amide bonds. The molecule has 12 heteroatoms. The van der Waals surface area contributed by atoms with Crippen molar-refractivity contribution in [1.29, 1.82) is 0 Å². The van der Waals surface area contributed by atoms with Gasteiger partial charge < -0.3 is 10.1 Å². The molecule has 0 aliphatic carbocycles. The van der Waals surface area contributed by atoms with Crippen molar-refractivity contribution >= 4 is 58.3 Å². The van der Waals surface area contributed by atoms with E-state index in [-0.39, 0.29) is 36.2 Å². The standard InChI is InChI=1S/C26H21N3O6S3/c30-21(13-19-7-4-12-36-19)27-22-24(31)28-23(20(15-37-25(22)28)38-18-5-2-1-3-6-18)26(32)35-14-16-8-10-17(11-9-16)29(33)34/h1-12,22,25H,13-15H2,(H,27,30)/t22?,25-/m0/s1. The van der Waals surface area contributed by atoms with Crippen LogP contribution < -0.4 is 5.32 Å². The van der Waals surface area contributed by atoms with E-state index >= 15 is 0 Å². The van der Waals surface area contributed by atoms with E-state index in [4.69, 9.17) is 4.74 Å². The predicted molar refractivity (Wildman–Crippen MR) is 145 cm³/mol. The summed E-state index contributed by atoms with van der Waals surface area (Å²) in [6, 6.07) is 18.2. The highest BCUT2D eigenvalue weighted by Crippen LogP contribution is 2.45. The number of thiophene rings is 1. The predicted octanol–water partition coefficient (Wildman–Crippen LogP) is 4.35. The van der Waals surface area contributed by atoms with Gasteiger partial charge in [-0.25, -0.2) is 4.79 Å². The van der Waals surface area contributed by atoms with Crippen LogP contribution in [0.15, 0.2) is 87.6 Å². The summed E-state index contributed by atoms with van der Waals surface area (Å²) in [5, 5.41) is 15.2. The number of nitro groups is 1. The van der Waals surface area contributed by atoms with Crippen LogP contribution in [0.25, 0.3) is 0 Å². The first-order valence-electron chi connectivity index (χ1n) is 11.5. The first-order chi connectivity index (χ1) is 18.4. The molecule has 1 saturated heterocycles. The maximum absolute atomic E-state index is 13.3. The number of fused-ring (bicyclic) bond motifs is 1. The number of amides is 2. The molecule has 9 nitrogen and oxygen atoms in total. The van der Waals surface area contributed by atoms with Crippen LogP contribution >= 0.6 is 34.9 Å². The molecule has 194 valence electrons. The number of nitrogens with one attached hydrogen (secondary N) is 1. The minimum Gasteiger partial charge on any atom is -0.456 e. The summed E-state index contributed by atoms with van der Waals surface area (Å²) in [7, 11) is 0. The Morgan fingerprint density at radius 3 is 2.55 bits per heavy atom. The Balaban J connectivity index is 1.33. The molecule has 0 saturated carbocycles. The van der Waals surface area contributed by atoms with Gasteiger partial charge in [0, 0.05) is 32.6 Å². The number of nitro benzene ring substituents is 1. The summed E-state index contributed by atoms with van der Waals surface area (Å²) >= 11 is 4.35. The molecule has 0 spiro atoms. The number of thioether (sulfide) groups is 2. The highest BCUT2D eigenvalue weighted by molar-refractivity contribution is 8.06. The van der Waals surface area contributed by atoms with E-state index in [1.807, 2.05) is 47.8 Å². The molecule has 2 aliphatic heterocycles. The molecule has 5 rings (SSSR count). The van der Waals surface area contributed by atoms with E-state index in [9.17, 15) is 24.5 Å². The monoisotopic (exact) mass is 567 g/mol. The molecular weight excluding hydrogens is 547 g/mol. The van der Waals surface area contributed by atoms with Gasteiger partial charge in [-0.3, -0.25) is 24.6 Å². The zero-order chi connectivity index (χ0) is 26.6. The third-order valence-electron chi connectivity index (χ3n) is 5.86. The molecule has 2 aliphatic rings. The highest BCUT2D eigenvalue weighted by Gasteiger charge is 2.54. The Morgan fingerprint density at radius 1 is 1.11 bits per heavy atom. The van der Waals surface area contributed by atoms with E-state index in [0.29, 0.717) is 16.2 Å². The average Bonchev–Trinajstić information content (AvgIpc) is 3.44. The molecule has 1 aromatic heterocycles. The second kappa shape index (κ2) is 11.4.